The molecule has 2 aromatic carbocycles. The van der Waals surface area contributed by atoms with Crippen molar-refractivity contribution in [2.75, 3.05) is 0 Å². The number of hydrogen-bond acceptors (Lipinski definition) is 3. The number of nitrogens with zero attached hydrogens (tertiary/aromatic N) is 1. The summed E-state index contributed by atoms with van der Waals surface area (Å²) in [7, 11) is 0. The zero-order valence-corrected chi connectivity index (χ0v) is 11.2. The summed E-state index contributed by atoms with van der Waals surface area (Å²) in [4.78, 5) is 24.3. The summed E-state index contributed by atoms with van der Waals surface area (Å²) in [6, 6.07) is 17.7. The Bertz CT molecular complexity index is 596. The fraction of sp³-hybridized carbons (Fsp3) is 0.125. The number of amides is 2. The number of hydrogen-bond donors (Lipinski definition) is 1. The second-order valence-electron chi connectivity index (χ2n) is 4.51. The number of carbonyl (C=O) groups is 2. The van der Waals surface area contributed by atoms with Gasteiger partial charge in [-0.25, -0.2) is 10.9 Å². The van der Waals surface area contributed by atoms with Gasteiger partial charge in [-0.3, -0.25) is 9.59 Å². The highest BCUT2D eigenvalue weighted by molar-refractivity contribution is 6.05. The third kappa shape index (κ3) is 2.92. The Morgan fingerprint density at radius 1 is 0.950 bits per heavy atom. The largest absolute Gasteiger partial charge is 0.274 e. The third-order valence-corrected chi connectivity index (χ3v) is 3.15. The maximum Gasteiger partial charge on any atom is 0.274 e. The lowest BCUT2D eigenvalue weighted by Gasteiger charge is -2.19. The third-order valence-electron chi connectivity index (χ3n) is 3.15. The van der Waals surface area contributed by atoms with Crippen LogP contribution in [0.15, 0.2) is 60.7 Å². The van der Waals surface area contributed by atoms with Gasteiger partial charge in [-0.15, -0.1) is 0 Å². The molecule has 2 rings (SSSR count). The number of hydrazine groups is 1. The molecule has 102 valence electrons. The van der Waals surface area contributed by atoms with Crippen LogP contribution in [0.2, 0.25) is 0 Å². The monoisotopic (exact) mass is 268 g/mol. The molecule has 0 aliphatic carbocycles. The molecule has 1 unspecified atom stereocenters. The fourth-order valence-electron chi connectivity index (χ4n) is 1.91. The van der Waals surface area contributed by atoms with Crippen molar-refractivity contribution in [2.45, 2.75) is 12.8 Å². The quantitative estimate of drug-likeness (QED) is 0.528. The number of benzene rings is 2. The first-order valence-corrected chi connectivity index (χ1v) is 6.34. The van der Waals surface area contributed by atoms with E-state index in [0.29, 0.717) is 10.6 Å². The fourth-order valence-corrected chi connectivity index (χ4v) is 1.91. The minimum atomic E-state index is -0.501. The Hall–Kier alpha value is -2.46. The molecule has 0 heterocycles. The summed E-state index contributed by atoms with van der Waals surface area (Å²) in [6.07, 6.45) is 0. The normalized spacial score (nSPS) is 11.7. The van der Waals surface area contributed by atoms with E-state index in [-0.39, 0.29) is 0 Å². The Morgan fingerprint density at radius 2 is 1.45 bits per heavy atom. The molecule has 0 spiro atoms. The van der Waals surface area contributed by atoms with Crippen molar-refractivity contribution in [2.24, 2.45) is 5.84 Å². The smallest absolute Gasteiger partial charge is 0.272 e. The van der Waals surface area contributed by atoms with Crippen LogP contribution in [0.3, 0.4) is 0 Å². The van der Waals surface area contributed by atoms with Crippen LogP contribution in [0.25, 0.3) is 0 Å². The van der Waals surface area contributed by atoms with Gasteiger partial charge in [0.25, 0.3) is 11.8 Å². The molecule has 0 aliphatic heterocycles. The van der Waals surface area contributed by atoms with Gasteiger partial charge in [0.15, 0.2) is 0 Å². The molecule has 4 nitrogen and oxygen atoms in total. The van der Waals surface area contributed by atoms with Crippen LogP contribution in [0, 0.1) is 0 Å². The van der Waals surface area contributed by atoms with Gasteiger partial charge < -0.3 is 0 Å². The molecule has 0 aromatic heterocycles. The first kappa shape index (κ1) is 14.0. The summed E-state index contributed by atoms with van der Waals surface area (Å²) in [6.45, 7) is 1.73. The van der Waals surface area contributed by atoms with E-state index in [0.717, 1.165) is 5.56 Å². The summed E-state index contributed by atoms with van der Waals surface area (Å²) in [5, 5.41) is 0.687. The van der Waals surface area contributed by atoms with Crippen molar-refractivity contribution >= 4 is 11.8 Å². The maximum absolute atomic E-state index is 12.2. The van der Waals surface area contributed by atoms with Crippen molar-refractivity contribution in [3.63, 3.8) is 0 Å². The van der Waals surface area contributed by atoms with E-state index in [1.54, 1.807) is 37.3 Å². The van der Waals surface area contributed by atoms with Crippen LogP contribution in [0.4, 0.5) is 0 Å². The molecular weight excluding hydrogens is 252 g/mol. The van der Waals surface area contributed by atoms with Crippen molar-refractivity contribution < 1.29 is 9.59 Å². The molecular formula is C16H16N2O2. The van der Waals surface area contributed by atoms with Gasteiger partial charge in [0, 0.05) is 5.56 Å². The molecule has 0 aliphatic rings. The average molecular weight is 268 g/mol. The molecule has 2 N–H and O–H groups in total. The van der Waals surface area contributed by atoms with E-state index in [2.05, 4.69) is 0 Å². The Labute approximate surface area is 117 Å². The summed E-state index contributed by atoms with van der Waals surface area (Å²) in [5.74, 6) is 4.27. The SMILES string of the molecule is CC(C(=O)N(N)C(=O)c1ccccc1)c1ccccc1. The van der Waals surface area contributed by atoms with E-state index in [1.165, 1.54) is 0 Å². The van der Waals surface area contributed by atoms with Gasteiger partial charge in [0.05, 0.1) is 5.92 Å². The predicted molar refractivity (Wildman–Crippen MR) is 76.7 cm³/mol. The van der Waals surface area contributed by atoms with Gasteiger partial charge in [0.1, 0.15) is 0 Å². The zero-order valence-electron chi connectivity index (χ0n) is 11.2. The van der Waals surface area contributed by atoms with Gasteiger partial charge >= 0.3 is 0 Å². The second kappa shape index (κ2) is 6.12. The summed E-state index contributed by atoms with van der Waals surface area (Å²) in [5.41, 5.74) is 1.22. The van der Waals surface area contributed by atoms with Crippen LogP contribution in [-0.4, -0.2) is 16.8 Å². The number of imide groups is 1. The standard InChI is InChI=1S/C16H16N2O2/c1-12(13-8-4-2-5-9-13)15(19)18(17)16(20)14-10-6-3-7-11-14/h2-12H,17H2,1H3. The molecule has 2 amide bonds. The first-order chi connectivity index (χ1) is 9.61. The van der Waals surface area contributed by atoms with Crippen LogP contribution in [0.5, 0.6) is 0 Å². The molecule has 0 radical (unpaired) electrons. The van der Waals surface area contributed by atoms with E-state index >= 15 is 0 Å². The Balaban J connectivity index is 2.15. The number of carbonyl (C=O) groups excluding carboxylic acids is 2. The molecule has 2 aromatic rings. The van der Waals surface area contributed by atoms with Crippen LogP contribution < -0.4 is 5.84 Å². The van der Waals surface area contributed by atoms with Crippen LogP contribution in [0.1, 0.15) is 28.8 Å². The first-order valence-electron chi connectivity index (χ1n) is 6.34. The van der Waals surface area contributed by atoms with Gasteiger partial charge in [-0.2, -0.15) is 0 Å². The minimum Gasteiger partial charge on any atom is -0.272 e. The Kier molecular flexibility index (Phi) is 4.27. The Morgan fingerprint density at radius 3 is 2.00 bits per heavy atom. The highest BCUT2D eigenvalue weighted by atomic mass is 16.2. The highest BCUT2D eigenvalue weighted by Gasteiger charge is 2.25. The zero-order chi connectivity index (χ0) is 14.5. The lowest BCUT2D eigenvalue weighted by atomic mass is 10.00. The second-order valence-corrected chi connectivity index (χ2v) is 4.51. The molecule has 0 saturated carbocycles. The average Bonchev–Trinajstić information content (AvgIpc) is 2.53. The lowest BCUT2D eigenvalue weighted by molar-refractivity contribution is -0.130. The topological polar surface area (TPSA) is 63.4 Å². The number of nitrogens with two attached hydrogens (primary N) is 1. The van der Waals surface area contributed by atoms with E-state index in [9.17, 15) is 9.59 Å². The van der Waals surface area contributed by atoms with Crippen molar-refractivity contribution in [1.82, 2.24) is 5.01 Å². The van der Waals surface area contributed by atoms with Crippen molar-refractivity contribution in [3.8, 4) is 0 Å². The van der Waals surface area contributed by atoms with E-state index < -0.39 is 17.7 Å². The molecule has 20 heavy (non-hydrogen) atoms. The molecule has 0 fully saturated rings. The van der Waals surface area contributed by atoms with Crippen molar-refractivity contribution in [3.05, 3.63) is 71.8 Å². The van der Waals surface area contributed by atoms with Gasteiger partial charge in [0.2, 0.25) is 0 Å². The lowest BCUT2D eigenvalue weighted by Crippen LogP contribution is -2.44. The van der Waals surface area contributed by atoms with E-state index in [1.807, 2.05) is 30.3 Å². The summed E-state index contributed by atoms with van der Waals surface area (Å²) < 4.78 is 0. The maximum atomic E-state index is 12.2. The van der Waals surface area contributed by atoms with Gasteiger partial charge in [-0.1, -0.05) is 48.5 Å². The predicted octanol–water partition coefficient (Wildman–Crippen LogP) is 2.33. The molecule has 0 saturated heterocycles. The molecule has 4 heteroatoms. The summed E-state index contributed by atoms with van der Waals surface area (Å²) >= 11 is 0. The molecule has 0 bridgehead atoms. The van der Waals surface area contributed by atoms with Gasteiger partial charge in [-0.05, 0) is 24.6 Å². The highest BCUT2D eigenvalue weighted by Crippen LogP contribution is 2.17. The van der Waals surface area contributed by atoms with Crippen molar-refractivity contribution in [1.29, 1.82) is 0 Å². The van der Waals surface area contributed by atoms with E-state index in [4.69, 9.17) is 5.84 Å². The van der Waals surface area contributed by atoms with Crippen LogP contribution in [-0.2, 0) is 4.79 Å². The van der Waals surface area contributed by atoms with Crippen LogP contribution >= 0.6 is 0 Å². The molecule has 1 atom stereocenters. The number of rotatable bonds is 3. The minimum absolute atomic E-state index is 0.392.